The molecule has 8 heteroatoms. The summed E-state index contributed by atoms with van der Waals surface area (Å²) < 4.78 is 11.3. The van der Waals surface area contributed by atoms with Gasteiger partial charge in [-0.3, -0.25) is 5.10 Å². The maximum atomic E-state index is 11.9. The fourth-order valence-electron chi connectivity index (χ4n) is 2.89. The Balaban J connectivity index is 1.82. The number of alkyl carbamates (subject to hydrolysis) is 1. The number of rotatable bonds is 0. The SMILES string of the molecule is C[C@@H]1CCNC(=O)O[C@H](C)c2nccc(n2)-c2n[nH]c3ccc(cc23)O1. The molecule has 3 aromatic rings. The Morgan fingerprint density at radius 3 is 2.96 bits per heavy atom. The summed E-state index contributed by atoms with van der Waals surface area (Å²) in [7, 11) is 0. The summed E-state index contributed by atoms with van der Waals surface area (Å²) in [5, 5.41) is 11.0. The van der Waals surface area contributed by atoms with E-state index in [1.54, 1.807) is 19.2 Å². The molecule has 0 saturated carbocycles. The molecule has 0 fully saturated rings. The van der Waals surface area contributed by atoms with Crippen molar-refractivity contribution in [3.8, 4) is 17.1 Å². The molecule has 2 atom stereocenters. The van der Waals surface area contributed by atoms with Crippen LogP contribution in [0.1, 0.15) is 32.2 Å². The number of carbonyl (C=O) groups is 1. The molecule has 2 aromatic heterocycles. The van der Waals surface area contributed by atoms with Crippen molar-refractivity contribution < 1.29 is 14.3 Å². The first-order valence-corrected chi connectivity index (χ1v) is 8.53. The van der Waals surface area contributed by atoms with Crippen molar-refractivity contribution in [2.45, 2.75) is 32.5 Å². The van der Waals surface area contributed by atoms with Crippen molar-refractivity contribution in [2.24, 2.45) is 0 Å². The minimum absolute atomic E-state index is 0.0634. The number of carbonyl (C=O) groups excluding carboxylic acids is 1. The molecular formula is C18H19N5O3. The van der Waals surface area contributed by atoms with Gasteiger partial charge in [0.1, 0.15) is 11.4 Å². The molecule has 4 bridgehead atoms. The number of hydrogen-bond acceptors (Lipinski definition) is 6. The normalized spacial score (nSPS) is 20.6. The monoisotopic (exact) mass is 353 g/mol. The van der Waals surface area contributed by atoms with Crippen LogP contribution >= 0.6 is 0 Å². The lowest BCUT2D eigenvalue weighted by Gasteiger charge is -2.16. The van der Waals surface area contributed by atoms with Gasteiger partial charge in [0.25, 0.3) is 0 Å². The van der Waals surface area contributed by atoms with Crippen molar-refractivity contribution in [2.75, 3.05) is 6.54 Å². The Kier molecular flexibility index (Phi) is 4.16. The highest BCUT2D eigenvalue weighted by atomic mass is 16.6. The lowest BCUT2D eigenvalue weighted by Crippen LogP contribution is -2.29. The average molecular weight is 353 g/mol. The number of nitrogens with one attached hydrogen (secondary N) is 2. The summed E-state index contributed by atoms with van der Waals surface area (Å²) in [4.78, 5) is 20.7. The molecule has 1 aliphatic heterocycles. The van der Waals surface area contributed by atoms with E-state index in [1.807, 2.05) is 25.1 Å². The molecule has 1 aromatic carbocycles. The fraction of sp³-hybridized carbons (Fsp3) is 0.333. The van der Waals surface area contributed by atoms with E-state index in [9.17, 15) is 4.79 Å². The molecule has 0 radical (unpaired) electrons. The van der Waals surface area contributed by atoms with E-state index >= 15 is 0 Å². The van der Waals surface area contributed by atoms with E-state index in [1.165, 1.54) is 0 Å². The highest BCUT2D eigenvalue weighted by molar-refractivity contribution is 5.92. The average Bonchev–Trinajstić information content (AvgIpc) is 3.04. The molecule has 3 heterocycles. The second kappa shape index (κ2) is 6.62. The minimum atomic E-state index is -0.575. The van der Waals surface area contributed by atoms with Crippen molar-refractivity contribution in [3.05, 3.63) is 36.3 Å². The van der Waals surface area contributed by atoms with Gasteiger partial charge in [-0.15, -0.1) is 0 Å². The molecule has 1 aliphatic rings. The third-order valence-corrected chi connectivity index (χ3v) is 4.26. The Labute approximate surface area is 149 Å². The van der Waals surface area contributed by atoms with E-state index in [0.29, 0.717) is 30.2 Å². The van der Waals surface area contributed by atoms with Crippen LogP contribution in [0.3, 0.4) is 0 Å². The number of aromatic nitrogens is 4. The second-order valence-corrected chi connectivity index (χ2v) is 6.27. The molecule has 134 valence electrons. The van der Waals surface area contributed by atoms with Gasteiger partial charge in [-0.2, -0.15) is 5.10 Å². The van der Waals surface area contributed by atoms with Crippen LogP contribution in [0, 0.1) is 0 Å². The van der Waals surface area contributed by atoms with E-state index in [0.717, 1.165) is 16.7 Å². The summed E-state index contributed by atoms with van der Waals surface area (Å²) in [6.07, 6.45) is 1.15. The second-order valence-electron chi connectivity index (χ2n) is 6.27. The number of fused-ring (bicyclic) bond motifs is 4. The van der Waals surface area contributed by atoms with Crippen molar-refractivity contribution in [1.82, 2.24) is 25.5 Å². The molecule has 2 N–H and O–H groups in total. The standard InChI is InChI=1S/C18H19N5O3/c1-10-5-7-20-18(24)26-11(2)17-19-8-6-15(21-17)16-13-9-12(25-10)3-4-14(13)22-23-16/h3-4,6,8-11H,5,7H2,1-2H3,(H,20,24)(H,22,23)/t10-,11-/m1/s1. The van der Waals surface area contributed by atoms with Crippen molar-refractivity contribution in [1.29, 1.82) is 0 Å². The summed E-state index contributed by atoms with van der Waals surface area (Å²) in [6, 6.07) is 7.56. The zero-order valence-electron chi connectivity index (χ0n) is 14.5. The fourth-order valence-corrected chi connectivity index (χ4v) is 2.89. The molecular weight excluding hydrogens is 334 g/mol. The highest BCUT2D eigenvalue weighted by Gasteiger charge is 2.18. The Morgan fingerprint density at radius 1 is 1.19 bits per heavy atom. The molecule has 0 spiro atoms. The summed E-state index contributed by atoms with van der Waals surface area (Å²) in [6.45, 7) is 4.15. The smallest absolute Gasteiger partial charge is 0.407 e. The number of H-pyrrole nitrogens is 1. The van der Waals surface area contributed by atoms with Crippen LogP contribution in [0.4, 0.5) is 4.79 Å². The summed E-state index contributed by atoms with van der Waals surface area (Å²) in [5.74, 6) is 1.16. The lowest BCUT2D eigenvalue weighted by atomic mass is 10.1. The Hall–Kier alpha value is -3.16. The number of amides is 1. The van der Waals surface area contributed by atoms with Gasteiger partial charge in [-0.1, -0.05) is 0 Å². The van der Waals surface area contributed by atoms with E-state index in [4.69, 9.17) is 9.47 Å². The number of nitrogens with zero attached hydrogens (tertiary/aromatic N) is 3. The van der Waals surface area contributed by atoms with Crippen LogP contribution in [0.15, 0.2) is 30.5 Å². The molecule has 0 unspecified atom stereocenters. The number of benzene rings is 1. The van der Waals surface area contributed by atoms with Gasteiger partial charge >= 0.3 is 6.09 Å². The number of ether oxygens (including phenoxy) is 2. The first kappa shape index (κ1) is 16.3. The number of aromatic amines is 1. The predicted octanol–water partition coefficient (Wildman–Crippen LogP) is 2.98. The van der Waals surface area contributed by atoms with Crippen LogP contribution in [0.25, 0.3) is 22.3 Å². The summed E-state index contributed by atoms with van der Waals surface area (Å²) in [5.41, 5.74) is 2.25. The minimum Gasteiger partial charge on any atom is -0.491 e. The van der Waals surface area contributed by atoms with Gasteiger partial charge in [-0.25, -0.2) is 14.8 Å². The van der Waals surface area contributed by atoms with E-state index < -0.39 is 12.2 Å². The molecule has 0 saturated heterocycles. The molecule has 8 nitrogen and oxygen atoms in total. The van der Waals surface area contributed by atoms with Gasteiger partial charge in [-0.05, 0) is 38.1 Å². The van der Waals surface area contributed by atoms with Crippen LogP contribution in [-0.2, 0) is 4.74 Å². The Morgan fingerprint density at radius 2 is 2.08 bits per heavy atom. The third kappa shape index (κ3) is 3.17. The largest absolute Gasteiger partial charge is 0.491 e. The van der Waals surface area contributed by atoms with Crippen LogP contribution in [0.2, 0.25) is 0 Å². The Bertz CT molecular complexity index is 955. The zero-order valence-corrected chi connectivity index (χ0v) is 14.5. The number of cyclic esters (lactones) is 1. The highest BCUT2D eigenvalue weighted by Crippen LogP contribution is 2.29. The van der Waals surface area contributed by atoms with Gasteiger partial charge < -0.3 is 14.8 Å². The quantitative estimate of drug-likeness (QED) is 0.644. The zero-order chi connectivity index (χ0) is 18.1. The molecule has 0 aliphatic carbocycles. The third-order valence-electron chi connectivity index (χ3n) is 4.26. The summed E-state index contributed by atoms with van der Waals surface area (Å²) >= 11 is 0. The predicted molar refractivity (Wildman–Crippen MR) is 94.7 cm³/mol. The van der Waals surface area contributed by atoms with Gasteiger partial charge in [0.2, 0.25) is 0 Å². The first-order chi connectivity index (χ1) is 12.6. The van der Waals surface area contributed by atoms with Gasteiger partial charge in [0.15, 0.2) is 11.9 Å². The van der Waals surface area contributed by atoms with Crippen LogP contribution in [0.5, 0.6) is 5.75 Å². The van der Waals surface area contributed by atoms with Crippen molar-refractivity contribution >= 4 is 17.0 Å². The maximum absolute atomic E-state index is 11.9. The van der Waals surface area contributed by atoms with Crippen molar-refractivity contribution in [3.63, 3.8) is 0 Å². The van der Waals surface area contributed by atoms with Gasteiger partial charge in [0.05, 0.1) is 17.3 Å². The topological polar surface area (TPSA) is 102 Å². The molecule has 1 amide bonds. The first-order valence-electron chi connectivity index (χ1n) is 8.53. The van der Waals surface area contributed by atoms with E-state index in [2.05, 4.69) is 25.5 Å². The van der Waals surface area contributed by atoms with E-state index in [-0.39, 0.29) is 6.10 Å². The molecule has 4 rings (SSSR count). The lowest BCUT2D eigenvalue weighted by molar-refractivity contribution is 0.101. The van der Waals surface area contributed by atoms with Gasteiger partial charge in [0, 0.05) is 24.5 Å². The van der Waals surface area contributed by atoms with Crippen LogP contribution < -0.4 is 10.1 Å². The molecule has 26 heavy (non-hydrogen) atoms. The van der Waals surface area contributed by atoms with Crippen LogP contribution in [-0.4, -0.2) is 38.9 Å². The number of hydrogen-bond donors (Lipinski definition) is 2. The maximum Gasteiger partial charge on any atom is 0.407 e.